The number of nitrogens with one attached hydrogen (secondary N) is 1. The van der Waals surface area contributed by atoms with Gasteiger partial charge in [-0.3, -0.25) is 9.59 Å². The maximum Gasteiger partial charge on any atom is 0.289 e. The standard InChI is InChI=1S/C24H27N5O3/c30-23(17-10-13-28(14-11-17)24(31)20-8-5-15-32-20)25-19-7-4-6-18(16-19)22-27-26-21-9-2-1-3-12-29(21)22/h4-8,15-17H,1-3,9-14H2,(H,25,30). The molecule has 2 aliphatic rings. The Morgan fingerprint density at radius 3 is 2.69 bits per heavy atom. The quantitative estimate of drug-likeness (QED) is 0.676. The molecule has 0 atom stereocenters. The number of likely N-dealkylation sites (tertiary alicyclic amines) is 1. The van der Waals surface area contributed by atoms with Gasteiger partial charge in [-0.1, -0.05) is 18.6 Å². The second kappa shape index (κ2) is 8.98. The SMILES string of the molecule is O=C(Nc1cccc(-c2nnc3n2CCCCC3)c1)C1CCN(C(=O)c2ccco2)CC1. The Hall–Kier alpha value is -3.42. The highest BCUT2D eigenvalue weighted by molar-refractivity contribution is 5.94. The lowest BCUT2D eigenvalue weighted by molar-refractivity contribution is -0.121. The summed E-state index contributed by atoms with van der Waals surface area (Å²) in [4.78, 5) is 27.1. The van der Waals surface area contributed by atoms with Crippen LogP contribution in [0.3, 0.4) is 0 Å². The largest absolute Gasteiger partial charge is 0.459 e. The predicted octanol–water partition coefficient (Wildman–Crippen LogP) is 3.76. The van der Waals surface area contributed by atoms with Crippen LogP contribution in [0.2, 0.25) is 0 Å². The third-order valence-electron chi connectivity index (χ3n) is 6.38. The summed E-state index contributed by atoms with van der Waals surface area (Å²) in [6, 6.07) is 11.2. The number of amides is 2. The molecule has 0 bridgehead atoms. The molecule has 0 unspecified atom stereocenters. The van der Waals surface area contributed by atoms with E-state index in [0.717, 1.165) is 48.7 Å². The number of nitrogens with zero attached hydrogens (tertiary/aromatic N) is 4. The fourth-order valence-electron chi connectivity index (χ4n) is 4.58. The lowest BCUT2D eigenvalue weighted by atomic mass is 9.95. The van der Waals surface area contributed by atoms with Gasteiger partial charge >= 0.3 is 0 Å². The molecule has 2 amide bonds. The van der Waals surface area contributed by atoms with E-state index in [9.17, 15) is 9.59 Å². The van der Waals surface area contributed by atoms with Crippen molar-refractivity contribution in [3.8, 4) is 11.4 Å². The van der Waals surface area contributed by atoms with Gasteiger partial charge in [-0.15, -0.1) is 10.2 Å². The molecule has 1 fully saturated rings. The molecule has 1 saturated heterocycles. The fourth-order valence-corrected chi connectivity index (χ4v) is 4.58. The molecule has 0 aliphatic carbocycles. The average molecular weight is 434 g/mol. The summed E-state index contributed by atoms with van der Waals surface area (Å²) in [5.41, 5.74) is 1.72. The molecule has 1 aromatic carbocycles. The number of hydrogen-bond donors (Lipinski definition) is 1. The van der Waals surface area contributed by atoms with Crippen LogP contribution in [-0.2, 0) is 17.8 Å². The zero-order valence-corrected chi connectivity index (χ0v) is 18.0. The van der Waals surface area contributed by atoms with Crippen molar-refractivity contribution in [3.63, 3.8) is 0 Å². The van der Waals surface area contributed by atoms with Crippen LogP contribution < -0.4 is 5.32 Å². The maximum absolute atomic E-state index is 12.9. The molecule has 0 radical (unpaired) electrons. The van der Waals surface area contributed by atoms with Crippen molar-refractivity contribution in [2.75, 3.05) is 18.4 Å². The Morgan fingerprint density at radius 2 is 1.88 bits per heavy atom. The number of fused-ring (bicyclic) bond motifs is 1. The van der Waals surface area contributed by atoms with Gasteiger partial charge in [0.25, 0.3) is 5.91 Å². The Labute approximate surface area is 186 Å². The molecule has 0 saturated carbocycles. The molecule has 8 nitrogen and oxygen atoms in total. The molecule has 0 spiro atoms. The van der Waals surface area contributed by atoms with E-state index >= 15 is 0 Å². The maximum atomic E-state index is 12.9. The molecule has 4 heterocycles. The van der Waals surface area contributed by atoms with E-state index in [0.29, 0.717) is 31.7 Å². The molecule has 1 N–H and O–H groups in total. The highest BCUT2D eigenvalue weighted by Gasteiger charge is 2.29. The van der Waals surface area contributed by atoms with Crippen LogP contribution >= 0.6 is 0 Å². The molecule has 2 aliphatic heterocycles. The number of furan rings is 1. The van der Waals surface area contributed by atoms with Crippen molar-refractivity contribution >= 4 is 17.5 Å². The summed E-state index contributed by atoms with van der Waals surface area (Å²) in [5, 5.41) is 11.9. The first-order chi connectivity index (χ1) is 15.7. The zero-order chi connectivity index (χ0) is 21.9. The van der Waals surface area contributed by atoms with E-state index in [1.807, 2.05) is 24.3 Å². The molecule has 2 aromatic heterocycles. The molecule has 8 heteroatoms. The van der Waals surface area contributed by atoms with E-state index in [4.69, 9.17) is 4.42 Å². The molecule has 3 aromatic rings. The average Bonchev–Trinajstić information content (AvgIpc) is 3.44. The van der Waals surface area contributed by atoms with E-state index in [2.05, 4.69) is 20.1 Å². The fraction of sp³-hybridized carbons (Fsp3) is 0.417. The number of carbonyl (C=O) groups is 2. The number of rotatable bonds is 4. The van der Waals surface area contributed by atoms with Crippen LogP contribution in [0.5, 0.6) is 0 Å². The van der Waals surface area contributed by atoms with Crippen molar-refractivity contribution in [2.45, 2.75) is 45.1 Å². The Morgan fingerprint density at radius 1 is 1.00 bits per heavy atom. The summed E-state index contributed by atoms with van der Waals surface area (Å²) < 4.78 is 7.41. The first-order valence-corrected chi connectivity index (χ1v) is 11.4. The number of piperidine rings is 1. The van der Waals surface area contributed by atoms with Crippen molar-refractivity contribution in [1.82, 2.24) is 19.7 Å². The number of aryl methyl sites for hydroxylation is 1. The second-order valence-electron chi connectivity index (χ2n) is 8.52. The summed E-state index contributed by atoms with van der Waals surface area (Å²) >= 11 is 0. The highest BCUT2D eigenvalue weighted by Crippen LogP contribution is 2.26. The lowest BCUT2D eigenvalue weighted by Gasteiger charge is -2.30. The number of hydrogen-bond acceptors (Lipinski definition) is 5. The molecular formula is C24H27N5O3. The summed E-state index contributed by atoms with van der Waals surface area (Å²) in [6.45, 7) is 2.02. The Balaban J connectivity index is 1.22. The van der Waals surface area contributed by atoms with E-state index in [1.54, 1.807) is 17.0 Å². The van der Waals surface area contributed by atoms with Crippen LogP contribution in [0.25, 0.3) is 11.4 Å². The number of anilines is 1. The molecule has 32 heavy (non-hydrogen) atoms. The summed E-state index contributed by atoms with van der Waals surface area (Å²) in [7, 11) is 0. The Bertz CT molecular complexity index is 1100. The van der Waals surface area contributed by atoms with Crippen LogP contribution in [0.15, 0.2) is 47.1 Å². The smallest absolute Gasteiger partial charge is 0.289 e. The minimum absolute atomic E-state index is 0.00711. The van der Waals surface area contributed by atoms with Gasteiger partial charge in [0.05, 0.1) is 6.26 Å². The van der Waals surface area contributed by atoms with Gasteiger partial charge in [-0.05, 0) is 49.9 Å². The lowest BCUT2D eigenvalue weighted by Crippen LogP contribution is -2.41. The summed E-state index contributed by atoms with van der Waals surface area (Å²) in [5.74, 6) is 2.01. The molecule has 5 rings (SSSR count). The molecular weight excluding hydrogens is 406 g/mol. The number of aromatic nitrogens is 3. The van der Waals surface area contributed by atoms with Crippen molar-refractivity contribution in [2.24, 2.45) is 5.92 Å². The third-order valence-corrected chi connectivity index (χ3v) is 6.38. The van der Waals surface area contributed by atoms with Gasteiger partial charge in [0, 0.05) is 43.2 Å². The normalized spacial score (nSPS) is 16.9. The van der Waals surface area contributed by atoms with Gasteiger partial charge < -0.3 is 19.2 Å². The first kappa shape index (κ1) is 20.5. The Kier molecular flexibility index (Phi) is 5.75. The predicted molar refractivity (Wildman–Crippen MR) is 119 cm³/mol. The topological polar surface area (TPSA) is 93.3 Å². The van der Waals surface area contributed by atoms with E-state index < -0.39 is 0 Å². The second-order valence-corrected chi connectivity index (χ2v) is 8.52. The van der Waals surface area contributed by atoms with Gasteiger partial charge in [0.1, 0.15) is 5.82 Å². The molecule has 166 valence electrons. The van der Waals surface area contributed by atoms with Crippen LogP contribution in [0.1, 0.15) is 48.5 Å². The number of carbonyl (C=O) groups excluding carboxylic acids is 2. The van der Waals surface area contributed by atoms with Crippen LogP contribution in [-0.4, -0.2) is 44.6 Å². The van der Waals surface area contributed by atoms with Crippen molar-refractivity contribution in [1.29, 1.82) is 0 Å². The van der Waals surface area contributed by atoms with Gasteiger partial charge in [0.2, 0.25) is 5.91 Å². The van der Waals surface area contributed by atoms with E-state index in [1.165, 1.54) is 12.7 Å². The number of benzene rings is 1. The van der Waals surface area contributed by atoms with E-state index in [-0.39, 0.29) is 17.7 Å². The van der Waals surface area contributed by atoms with Crippen molar-refractivity contribution < 1.29 is 14.0 Å². The van der Waals surface area contributed by atoms with Gasteiger partial charge in [-0.25, -0.2) is 0 Å². The first-order valence-electron chi connectivity index (χ1n) is 11.4. The highest BCUT2D eigenvalue weighted by atomic mass is 16.3. The minimum Gasteiger partial charge on any atom is -0.459 e. The van der Waals surface area contributed by atoms with Crippen molar-refractivity contribution in [3.05, 3.63) is 54.2 Å². The van der Waals surface area contributed by atoms with Crippen LogP contribution in [0.4, 0.5) is 5.69 Å². The third kappa shape index (κ3) is 4.17. The van der Waals surface area contributed by atoms with Gasteiger partial charge in [0.15, 0.2) is 11.6 Å². The summed E-state index contributed by atoms with van der Waals surface area (Å²) in [6.07, 6.45) is 7.23. The van der Waals surface area contributed by atoms with Crippen LogP contribution in [0, 0.1) is 5.92 Å². The monoisotopic (exact) mass is 433 g/mol. The van der Waals surface area contributed by atoms with Gasteiger partial charge in [-0.2, -0.15) is 0 Å². The zero-order valence-electron chi connectivity index (χ0n) is 18.0. The minimum atomic E-state index is -0.122.